The fourth-order valence-corrected chi connectivity index (χ4v) is 1.82. The van der Waals surface area contributed by atoms with Crippen molar-refractivity contribution in [3.8, 4) is 0 Å². The van der Waals surface area contributed by atoms with Crippen molar-refractivity contribution in [2.45, 2.75) is 6.42 Å². The van der Waals surface area contributed by atoms with Gasteiger partial charge in [-0.1, -0.05) is 11.6 Å². The van der Waals surface area contributed by atoms with Gasteiger partial charge in [-0.2, -0.15) is 0 Å². The Morgan fingerprint density at radius 2 is 2.50 bits per heavy atom. The lowest BCUT2D eigenvalue weighted by Crippen LogP contribution is -2.24. The van der Waals surface area contributed by atoms with Crippen LogP contribution in [0, 0.1) is 5.92 Å². The molecule has 4 nitrogen and oxygen atoms in total. The molecular formula is C9H13ClN4. The van der Waals surface area contributed by atoms with E-state index in [2.05, 4.69) is 14.9 Å². The van der Waals surface area contributed by atoms with Crippen molar-refractivity contribution < 1.29 is 0 Å². The maximum Gasteiger partial charge on any atom is 0.226 e. The second-order valence-electron chi connectivity index (χ2n) is 3.52. The summed E-state index contributed by atoms with van der Waals surface area (Å²) in [6.07, 6.45) is 2.80. The predicted molar refractivity (Wildman–Crippen MR) is 56.4 cm³/mol. The Balaban J connectivity index is 2.09. The van der Waals surface area contributed by atoms with Crippen LogP contribution in [0.25, 0.3) is 0 Å². The molecule has 0 saturated carbocycles. The normalized spacial score (nSPS) is 21.6. The van der Waals surface area contributed by atoms with E-state index in [1.165, 1.54) is 0 Å². The molecular weight excluding hydrogens is 200 g/mol. The summed E-state index contributed by atoms with van der Waals surface area (Å²) in [6, 6.07) is 1.68. The van der Waals surface area contributed by atoms with Crippen LogP contribution in [0.15, 0.2) is 12.3 Å². The Labute approximate surface area is 88.1 Å². The third-order valence-electron chi connectivity index (χ3n) is 2.51. The number of halogens is 1. The van der Waals surface area contributed by atoms with Crippen LogP contribution in [0.4, 0.5) is 5.95 Å². The second kappa shape index (κ2) is 4.11. The van der Waals surface area contributed by atoms with Crippen molar-refractivity contribution in [2.75, 3.05) is 24.5 Å². The van der Waals surface area contributed by atoms with E-state index in [9.17, 15) is 0 Å². The summed E-state index contributed by atoms with van der Waals surface area (Å²) in [6.45, 7) is 2.65. The Bertz CT molecular complexity index is 317. The molecule has 1 aromatic rings. The first-order valence-corrected chi connectivity index (χ1v) is 5.11. The fourth-order valence-electron chi connectivity index (χ4n) is 1.69. The topological polar surface area (TPSA) is 55.0 Å². The van der Waals surface area contributed by atoms with Crippen LogP contribution in [-0.2, 0) is 0 Å². The quantitative estimate of drug-likeness (QED) is 0.741. The molecule has 5 heteroatoms. The van der Waals surface area contributed by atoms with Gasteiger partial charge in [0.2, 0.25) is 5.95 Å². The molecule has 1 saturated heterocycles. The molecule has 0 radical (unpaired) electrons. The third-order valence-corrected chi connectivity index (χ3v) is 2.72. The van der Waals surface area contributed by atoms with Gasteiger partial charge in [-0.05, 0) is 24.9 Å². The van der Waals surface area contributed by atoms with Gasteiger partial charge in [-0.25, -0.2) is 9.97 Å². The summed E-state index contributed by atoms with van der Waals surface area (Å²) < 4.78 is 0. The van der Waals surface area contributed by atoms with Crippen molar-refractivity contribution in [1.29, 1.82) is 0 Å². The number of nitrogens with two attached hydrogens (primary N) is 1. The summed E-state index contributed by atoms with van der Waals surface area (Å²) in [5.74, 6) is 1.28. The van der Waals surface area contributed by atoms with Gasteiger partial charge in [0.15, 0.2) is 0 Å². The SMILES string of the molecule is NC[C@H]1CCN(c2nccc(Cl)n2)C1. The second-order valence-corrected chi connectivity index (χ2v) is 3.90. The van der Waals surface area contributed by atoms with Gasteiger partial charge in [-0.15, -0.1) is 0 Å². The van der Waals surface area contributed by atoms with Crippen LogP contribution >= 0.6 is 11.6 Å². The van der Waals surface area contributed by atoms with Crippen LogP contribution in [0.3, 0.4) is 0 Å². The maximum absolute atomic E-state index is 5.79. The van der Waals surface area contributed by atoms with Crippen molar-refractivity contribution in [3.63, 3.8) is 0 Å². The summed E-state index contributed by atoms with van der Waals surface area (Å²) in [5.41, 5.74) is 5.61. The van der Waals surface area contributed by atoms with E-state index in [0.717, 1.165) is 26.1 Å². The zero-order valence-electron chi connectivity index (χ0n) is 7.86. The van der Waals surface area contributed by atoms with Gasteiger partial charge in [0, 0.05) is 19.3 Å². The van der Waals surface area contributed by atoms with Crippen molar-refractivity contribution >= 4 is 17.5 Å². The summed E-state index contributed by atoms with van der Waals surface area (Å²) >= 11 is 5.79. The highest BCUT2D eigenvalue weighted by Crippen LogP contribution is 2.20. The molecule has 1 aliphatic rings. The third kappa shape index (κ3) is 1.96. The zero-order chi connectivity index (χ0) is 9.97. The zero-order valence-corrected chi connectivity index (χ0v) is 8.61. The lowest BCUT2D eigenvalue weighted by Gasteiger charge is -2.15. The van der Waals surface area contributed by atoms with E-state index >= 15 is 0 Å². The largest absolute Gasteiger partial charge is 0.340 e. The molecule has 1 atom stereocenters. The van der Waals surface area contributed by atoms with Crippen LogP contribution in [0.1, 0.15) is 6.42 Å². The minimum atomic E-state index is 0.492. The molecule has 2 N–H and O–H groups in total. The standard InChI is InChI=1S/C9H13ClN4/c10-8-1-3-12-9(13-8)14-4-2-7(5-11)6-14/h1,3,7H,2,4-6,11H2/t7-/m1/s1. The first-order valence-electron chi connectivity index (χ1n) is 4.73. The lowest BCUT2D eigenvalue weighted by molar-refractivity contribution is 0.602. The number of nitrogens with zero attached hydrogens (tertiary/aromatic N) is 3. The molecule has 1 fully saturated rings. The molecule has 0 unspecified atom stereocenters. The minimum Gasteiger partial charge on any atom is -0.340 e. The van der Waals surface area contributed by atoms with Gasteiger partial charge in [0.25, 0.3) is 0 Å². The van der Waals surface area contributed by atoms with E-state index in [0.29, 0.717) is 17.0 Å². The Kier molecular flexibility index (Phi) is 2.84. The summed E-state index contributed by atoms with van der Waals surface area (Å²) in [4.78, 5) is 10.5. The number of aromatic nitrogens is 2. The first kappa shape index (κ1) is 9.68. The van der Waals surface area contributed by atoms with E-state index in [1.54, 1.807) is 12.3 Å². The smallest absolute Gasteiger partial charge is 0.226 e. The van der Waals surface area contributed by atoms with E-state index < -0.39 is 0 Å². The van der Waals surface area contributed by atoms with Gasteiger partial charge < -0.3 is 10.6 Å². The fraction of sp³-hybridized carbons (Fsp3) is 0.556. The van der Waals surface area contributed by atoms with Crippen LogP contribution in [0.5, 0.6) is 0 Å². The summed E-state index contributed by atoms with van der Waals surface area (Å²) in [7, 11) is 0. The van der Waals surface area contributed by atoms with E-state index in [-0.39, 0.29) is 0 Å². The molecule has 0 aliphatic carbocycles. The molecule has 76 valence electrons. The predicted octanol–water partition coefficient (Wildman–Crippen LogP) is 0.915. The molecule has 1 aliphatic heterocycles. The first-order chi connectivity index (χ1) is 6.79. The van der Waals surface area contributed by atoms with Crippen LogP contribution in [-0.4, -0.2) is 29.6 Å². The average molecular weight is 213 g/mol. The van der Waals surface area contributed by atoms with Crippen LogP contribution < -0.4 is 10.6 Å². The number of hydrogen-bond donors (Lipinski definition) is 1. The highest BCUT2D eigenvalue weighted by Gasteiger charge is 2.22. The minimum absolute atomic E-state index is 0.492. The Morgan fingerprint density at radius 1 is 1.64 bits per heavy atom. The average Bonchev–Trinajstić information content (AvgIpc) is 2.66. The Morgan fingerprint density at radius 3 is 3.14 bits per heavy atom. The molecule has 0 aromatic carbocycles. The van der Waals surface area contributed by atoms with Crippen molar-refractivity contribution in [1.82, 2.24) is 9.97 Å². The molecule has 1 aromatic heterocycles. The number of anilines is 1. The highest BCUT2D eigenvalue weighted by atomic mass is 35.5. The monoisotopic (exact) mass is 212 g/mol. The van der Waals surface area contributed by atoms with E-state index in [1.807, 2.05) is 0 Å². The van der Waals surface area contributed by atoms with Gasteiger partial charge in [-0.3, -0.25) is 0 Å². The molecule has 0 bridgehead atoms. The number of hydrogen-bond acceptors (Lipinski definition) is 4. The lowest BCUT2D eigenvalue weighted by atomic mass is 10.1. The van der Waals surface area contributed by atoms with Crippen LogP contribution in [0.2, 0.25) is 5.15 Å². The molecule has 0 spiro atoms. The highest BCUT2D eigenvalue weighted by molar-refractivity contribution is 6.29. The van der Waals surface area contributed by atoms with Gasteiger partial charge in [0.05, 0.1) is 0 Å². The molecule has 2 rings (SSSR count). The molecule has 14 heavy (non-hydrogen) atoms. The maximum atomic E-state index is 5.79. The van der Waals surface area contributed by atoms with E-state index in [4.69, 9.17) is 17.3 Å². The van der Waals surface area contributed by atoms with Crippen molar-refractivity contribution in [2.24, 2.45) is 11.7 Å². The molecule has 2 heterocycles. The Hall–Kier alpha value is -0.870. The van der Waals surface area contributed by atoms with Crippen molar-refractivity contribution in [3.05, 3.63) is 17.4 Å². The summed E-state index contributed by atoms with van der Waals surface area (Å²) in [5, 5.41) is 0.492. The number of rotatable bonds is 2. The molecule has 0 amide bonds. The van der Waals surface area contributed by atoms with Gasteiger partial charge >= 0.3 is 0 Å². The van der Waals surface area contributed by atoms with Gasteiger partial charge in [0.1, 0.15) is 5.15 Å².